The van der Waals surface area contributed by atoms with Crippen molar-refractivity contribution in [2.24, 2.45) is 0 Å². The van der Waals surface area contributed by atoms with Gasteiger partial charge in [-0.2, -0.15) is 0 Å². The largest absolute Gasteiger partial charge is 0.478 e. The molecule has 0 radical (unpaired) electrons. The maximum absolute atomic E-state index is 12.6. The number of carboxylic acid groups (broad SMARTS) is 1. The normalized spacial score (nSPS) is 14.1. The number of hydrogen-bond donors (Lipinski definition) is 3. The van der Waals surface area contributed by atoms with Gasteiger partial charge in [-0.1, -0.05) is 31.5 Å². The molecule has 1 saturated heterocycles. The molecule has 33 heavy (non-hydrogen) atoms. The third kappa shape index (κ3) is 6.52. The zero-order chi connectivity index (χ0) is 23.8. The minimum Gasteiger partial charge on any atom is -0.478 e. The van der Waals surface area contributed by atoms with Gasteiger partial charge in [-0.25, -0.2) is 9.78 Å². The fourth-order valence-corrected chi connectivity index (χ4v) is 3.74. The summed E-state index contributed by atoms with van der Waals surface area (Å²) in [6.45, 7) is 7.33. The Balaban J connectivity index is 1.63. The summed E-state index contributed by atoms with van der Waals surface area (Å²) < 4.78 is 0. The van der Waals surface area contributed by atoms with Crippen LogP contribution in [0.25, 0.3) is 0 Å². The number of aromatic nitrogens is 1. The van der Waals surface area contributed by atoms with E-state index in [0.717, 1.165) is 18.4 Å². The molecule has 9 nitrogen and oxygen atoms in total. The first-order valence-electron chi connectivity index (χ1n) is 11.2. The number of anilines is 2. The maximum Gasteiger partial charge on any atom is 0.339 e. The van der Waals surface area contributed by atoms with E-state index in [1.807, 2.05) is 24.0 Å². The predicted molar refractivity (Wildman–Crippen MR) is 127 cm³/mol. The second-order valence-corrected chi connectivity index (χ2v) is 8.14. The summed E-state index contributed by atoms with van der Waals surface area (Å²) in [5, 5.41) is 15.4. The molecule has 0 spiro atoms. The molecule has 176 valence electrons. The van der Waals surface area contributed by atoms with Gasteiger partial charge >= 0.3 is 5.97 Å². The van der Waals surface area contributed by atoms with Gasteiger partial charge in [0, 0.05) is 38.3 Å². The van der Waals surface area contributed by atoms with E-state index < -0.39 is 5.97 Å². The Kier molecular flexibility index (Phi) is 8.37. The molecular formula is C24H31N5O4. The van der Waals surface area contributed by atoms with E-state index in [2.05, 4.69) is 27.4 Å². The number of carboxylic acids is 1. The number of carbonyl (C=O) groups is 3. The number of nitrogens with zero attached hydrogens (tertiary/aromatic N) is 3. The number of hydrogen-bond acceptors (Lipinski definition) is 6. The first-order chi connectivity index (χ1) is 15.9. The highest BCUT2D eigenvalue weighted by Crippen LogP contribution is 2.23. The quantitative estimate of drug-likeness (QED) is 0.499. The molecular weight excluding hydrogens is 422 g/mol. The summed E-state index contributed by atoms with van der Waals surface area (Å²) in [5.41, 5.74) is 1.71. The number of carbonyl (C=O) groups excluding carboxylic acids is 2. The van der Waals surface area contributed by atoms with Gasteiger partial charge in [0.05, 0.1) is 18.4 Å². The van der Waals surface area contributed by atoms with Crippen LogP contribution in [-0.2, 0) is 4.79 Å². The number of pyridine rings is 1. The number of unbranched alkanes of at least 4 members (excludes halogenated alkanes) is 1. The third-order valence-electron chi connectivity index (χ3n) is 5.64. The Hall–Kier alpha value is -3.46. The minimum absolute atomic E-state index is 0.00926. The van der Waals surface area contributed by atoms with Crippen LogP contribution in [0.2, 0.25) is 0 Å². The van der Waals surface area contributed by atoms with Crippen LogP contribution in [0.1, 0.15) is 46.0 Å². The number of amides is 2. The van der Waals surface area contributed by atoms with Crippen molar-refractivity contribution in [1.29, 1.82) is 0 Å². The summed E-state index contributed by atoms with van der Waals surface area (Å²) in [4.78, 5) is 44.8. The van der Waals surface area contributed by atoms with E-state index >= 15 is 0 Å². The third-order valence-corrected chi connectivity index (χ3v) is 5.64. The van der Waals surface area contributed by atoms with Gasteiger partial charge < -0.3 is 20.6 Å². The fourth-order valence-electron chi connectivity index (χ4n) is 3.74. The van der Waals surface area contributed by atoms with Crippen molar-refractivity contribution in [3.05, 3.63) is 53.2 Å². The van der Waals surface area contributed by atoms with Crippen molar-refractivity contribution in [1.82, 2.24) is 15.2 Å². The first-order valence-corrected chi connectivity index (χ1v) is 11.2. The van der Waals surface area contributed by atoms with Crippen LogP contribution >= 0.6 is 0 Å². The highest BCUT2D eigenvalue weighted by atomic mass is 16.4. The minimum atomic E-state index is -1.11. The molecule has 1 aliphatic rings. The second kappa shape index (κ2) is 11.4. The molecule has 2 aromatic rings. The molecule has 2 heterocycles. The van der Waals surface area contributed by atoms with E-state index in [4.69, 9.17) is 0 Å². The van der Waals surface area contributed by atoms with Crippen LogP contribution in [0, 0.1) is 6.92 Å². The van der Waals surface area contributed by atoms with Gasteiger partial charge in [-0.15, -0.1) is 0 Å². The van der Waals surface area contributed by atoms with Gasteiger partial charge in [0.1, 0.15) is 11.4 Å². The molecule has 3 N–H and O–H groups in total. The lowest BCUT2D eigenvalue weighted by Gasteiger charge is -2.35. The Labute approximate surface area is 193 Å². The van der Waals surface area contributed by atoms with E-state index in [1.165, 1.54) is 12.3 Å². The van der Waals surface area contributed by atoms with Crippen molar-refractivity contribution in [2.75, 3.05) is 49.5 Å². The number of rotatable bonds is 9. The fraction of sp³-hybridized carbons (Fsp3) is 0.417. The zero-order valence-corrected chi connectivity index (χ0v) is 19.1. The van der Waals surface area contributed by atoms with Gasteiger partial charge in [-0.05, 0) is 31.0 Å². The monoisotopic (exact) mass is 453 g/mol. The standard InChI is InChI=1S/C24H31N5O4/c1-3-4-9-25-21(30)16-28-10-12-29(13-11-28)22-20(24(32)33)14-18(15-26-22)27-23(31)19-8-6-5-7-17(19)2/h5-8,14-15H,3-4,9-13,16H2,1-2H3,(H,25,30)(H,27,31)(H,32,33). The predicted octanol–water partition coefficient (Wildman–Crippen LogP) is 2.38. The highest BCUT2D eigenvalue weighted by molar-refractivity contribution is 6.06. The molecule has 0 aliphatic carbocycles. The van der Waals surface area contributed by atoms with Crippen LogP contribution in [0.3, 0.4) is 0 Å². The Morgan fingerprint density at radius 3 is 2.48 bits per heavy atom. The Morgan fingerprint density at radius 2 is 1.82 bits per heavy atom. The summed E-state index contributed by atoms with van der Waals surface area (Å²) in [6, 6.07) is 8.62. The molecule has 1 fully saturated rings. The highest BCUT2D eigenvalue weighted by Gasteiger charge is 2.24. The number of aryl methyl sites for hydroxylation is 1. The molecule has 0 bridgehead atoms. The number of nitrogens with one attached hydrogen (secondary N) is 2. The summed E-state index contributed by atoms with van der Waals surface area (Å²) in [6.07, 6.45) is 3.47. The van der Waals surface area contributed by atoms with Gasteiger partial charge in [0.25, 0.3) is 5.91 Å². The lowest BCUT2D eigenvalue weighted by atomic mass is 10.1. The average molecular weight is 454 g/mol. The van der Waals surface area contributed by atoms with Crippen molar-refractivity contribution < 1.29 is 19.5 Å². The molecule has 9 heteroatoms. The summed E-state index contributed by atoms with van der Waals surface area (Å²) in [5.74, 6) is -1.05. The van der Waals surface area contributed by atoms with E-state index in [0.29, 0.717) is 56.3 Å². The zero-order valence-electron chi connectivity index (χ0n) is 19.1. The smallest absolute Gasteiger partial charge is 0.339 e. The van der Waals surface area contributed by atoms with Gasteiger partial charge in [0.15, 0.2) is 0 Å². The van der Waals surface area contributed by atoms with Crippen LogP contribution in [0.4, 0.5) is 11.5 Å². The van der Waals surface area contributed by atoms with Crippen LogP contribution in [-0.4, -0.2) is 72.0 Å². The molecule has 0 atom stereocenters. The van der Waals surface area contributed by atoms with Crippen LogP contribution in [0.15, 0.2) is 36.5 Å². The number of aromatic carboxylic acids is 1. The van der Waals surface area contributed by atoms with Crippen molar-refractivity contribution in [3.8, 4) is 0 Å². The lowest BCUT2D eigenvalue weighted by Crippen LogP contribution is -2.50. The molecule has 0 unspecified atom stereocenters. The van der Waals surface area contributed by atoms with Crippen molar-refractivity contribution in [3.63, 3.8) is 0 Å². The molecule has 2 amide bonds. The topological polar surface area (TPSA) is 115 Å². The number of piperazine rings is 1. The van der Waals surface area contributed by atoms with E-state index in [1.54, 1.807) is 12.1 Å². The molecule has 1 aromatic heterocycles. The molecule has 1 aromatic carbocycles. The van der Waals surface area contributed by atoms with Gasteiger partial charge in [-0.3, -0.25) is 14.5 Å². The molecule has 3 rings (SSSR count). The SMILES string of the molecule is CCCCNC(=O)CN1CCN(c2ncc(NC(=O)c3ccccc3C)cc2C(=O)O)CC1. The second-order valence-electron chi connectivity index (χ2n) is 8.14. The average Bonchev–Trinajstić information content (AvgIpc) is 2.80. The van der Waals surface area contributed by atoms with Crippen molar-refractivity contribution >= 4 is 29.3 Å². The Morgan fingerprint density at radius 1 is 1.09 bits per heavy atom. The van der Waals surface area contributed by atoms with Crippen LogP contribution in [0.5, 0.6) is 0 Å². The first kappa shape index (κ1) is 24.2. The van der Waals surface area contributed by atoms with E-state index in [-0.39, 0.29) is 17.4 Å². The Bertz CT molecular complexity index is 1000. The van der Waals surface area contributed by atoms with Crippen LogP contribution < -0.4 is 15.5 Å². The van der Waals surface area contributed by atoms with E-state index in [9.17, 15) is 19.5 Å². The lowest BCUT2D eigenvalue weighted by molar-refractivity contribution is -0.122. The van der Waals surface area contributed by atoms with Crippen molar-refractivity contribution in [2.45, 2.75) is 26.7 Å². The molecule has 0 saturated carbocycles. The number of benzene rings is 1. The van der Waals surface area contributed by atoms with Gasteiger partial charge in [0.2, 0.25) is 5.91 Å². The summed E-state index contributed by atoms with van der Waals surface area (Å²) in [7, 11) is 0. The maximum atomic E-state index is 12.6. The molecule has 1 aliphatic heterocycles. The summed E-state index contributed by atoms with van der Waals surface area (Å²) >= 11 is 0.